The minimum absolute atomic E-state index is 0.117. The molecule has 0 aromatic heterocycles. The van der Waals surface area contributed by atoms with E-state index < -0.39 is 0 Å². The van der Waals surface area contributed by atoms with Gasteiger partial charge in [-0.05, 0) is 46.3 Å². The first-order valence-electron chi connectivity index (χ1n) is 5.78. The Hall–Kier alpha value is -1.72. The Morgan fingerprint density at radius 3 is 2.85 bits per heavy atom. The minimum Gasteiger partial charge on any atom is -0.483 e. The molecule has 2 rings (SSSR count). The third kappa shape index (κ3) is 4.15. The highest BCUT2D eigenvalue weighted by Crippen LogP contribution is 2.27. The lowest BCUT2D eigenvalue weighted by molar-refractivity contribution is -0.118. The zero-order valence-corrected chi connectivity index (χ0v) is 12.7. The number of anilines is 2. The van der Waals surface area contributed by atoms with Crippen LogP contribution in [0.5, 0.6) is 5.75 Å². The standard InChI is InChI=1S/C14H12BrClN2O2/c15-12-5-4-10(17)7-13(12)20-8-14(19)18-11-3-1-2-9(16)6-11/h1-7H,8,17H2,(H,18,19). The number of rotatable bonds is 4. The van der Waals surface area contributed by atoms with Gasteiger partial charge in [0, 0.05) is 22.5 Å². The van der Waals surface area contributed by atoms with Crippen molar-refractivity contribution in [2.24, 2.45) is 0 Å². The van der Waals surface area contributed by atoms with Gasteiger partial charge in [-0.15, -0.1) is 0 Å². The van der Waals surface area contributed by atoms with E-state index in [1.165, 1.54) is 0 Å². The lowest BCUT2D eigenvalue weighted by atomic mass is 10.3. The van der Waals surface area contributed by atoms with Crippen LogP contribution in [-0.4, -0.2) is 12.5 Å². The van der Waals surface area contributed by atoms with Gasteiger partial charge in [-0.3, -0.25) is 4.79 Å². The Kier molecular flexibility index (Phi) is 4.87. The second-order valence-electron chi connectivity index (χ2n) is 4.04. The van der Waals surface area contributed by atoms with Gasteiger partial charge in [-0.25, -0.2) is 0 Å². The van der Waals surface area contributed by atoms with Crippen LogP contribution in [0.3, 0.4) is 0 Å². The predicted molar refractivity (Wildman–Crippen MR) is 84.1 cm³/mol. The molecule has 1 amide bonds. The van der Waals surface area contributed by atoms with Gasteiger partial charge in [0.15, 0.2) is 6.61 Å². The third-order valence-electron chi connectivity index (χ3n) is 2.42. The number of carbonyl (C=O) groups is 1. The second-order valence-corrected chi connectivity index (χ2v) is 5.33. The summed E-state index contributed by atoms with van der Waals surface area (Å²) in [5, 5.41) is 3.25. The van der Waals surface area contributed by atoms with E-state index in [0.29, 0.717) is 22.1 Å². The number of hydrogen-bond donors (Lipinski definition) is 2. The van der Waals surface area contributed by atoms with Crippen LogP contribution in [0.1, 0.15) is 0 Å². The lowest BCUT2D eigenvalue weighted by Crippen LogP contribution is -2.20. The quantitative estimate of drug-likeness (QED) is 0.822. The van der Waals surface area contributed by atoms with E-state index in [0.717, 1.165) is 4.47 Å². The smallest absolute Gasteiger partial charge is 0.262 e. The maximum absolute atomic E-state index is 11.8. The van der Waals surface area contributed by atoms with Gasteiger partial charge in [0.2, 0.25) is 0 Å². The first kappa shape index (κ1) is 14.7. The number of hydrogen-bond acceptors (Lipinski definition) is 3. The molecule has 104 valence electrons. The molecule has 0 saturated carbocycles. The molecule has 0 fully saturated rings. The molecule has 6 heteroatoms. The molecule has 0 spiro atoms. The van der Waals surface area contributed by atoms with Crippen molar-refractivity contribution < 1.29 is 9.53 Å². The summed E-state index contributed by atoms with van der Waals surface area (Å²) in [7, 11) is 0. The van der Waals surface area contributed by atoms with Gasteiger partial charge in [-0.2, -0.15) is 0 Å². The number of ether oxygens (including phenoxy) is 1. The molecule has 0 aliphatic heterocycles. The molecule has 2 aromatic rings. The number of carbonyl (C=O) groups excluding carboxylic acids is 1. The molecule has 3 N–H and O–H groups in total. The van der Waals surface area contributed by atoms with E-state index in [1.54, 1.807) is 42.5 Å². The molecule has 0 saturated heterocycles. The fourth-order valence-corrected chi connectivity index (χ4v) is 2.09. The number of benzene rings is 2. The third-order valence-corrected chi connectivity index (χ3v) is 3.31. The average Bonchev–Trinajstić information content (AvgIpc) is 2.40. The molecule has 0 aliphatic rings. The second kappa shape index (κ2) is 6.63. The largest absolute Gasteiger partial charge is 0.483 e. The first-order valence-corrected chi connectivity index (χ1v) is 6.95. The maximum Gasteiger partial charge on any atom is 0.262 e. The van der Waals surface area contributed by atoms with E-state index in [2.05, 4.69) is 21.2 Å². The average molecular weight is 356 g/mol. The topological polar surface area (TPSA) is 64.3 Å². The van der Waals surface area contributed by atoms with Gasteiger partial charge in [-0.1, -0.05) is 17.7 Å². The summed E-state index contributed by atoms with van der Waals surface area (Å²) in [6.45, 7) is -0.117. The van der Waals surface area contributed by atoms with E-state index in [-0.39, 0.29) is 12.5 Å². The molecule has 20 heavy (non-hydrogen) atoms. The molecule has 4 nitrogen and oxygen atoms in total. The SMILES string of the molecule is Nc1ccc(Br)c(OCC(=O)Nc2cccc(Cl)c2)c1. The van der Waals surface area contributed by atoms with Crippen LogP contribution in [0.4, 0.5) is 11.4 Å². The summed E-state index contributed by atoms with van der Waals surface area (Å²) in [6.07, 6.45) is 0. The van der Waals surface area contributed by atoms with Gasteiger partial charge in [0.1, 0.15) is 5.75 Å². The van der Waals surface area contributed by atoms with Crippen LogP contribution in [0, 0.1) is 0 Å². The van der Waals surface area contributed by atoms with Crippen molar-refractivity contribution in [1.29, 1.82) is 0 Å². The van der Waals surface area contributed by atoms with Crippen molar-refractivity contribution in [2.75, 3.05) is 17.7 Å². The normalized spacial score (nSPS) is 10.1. The molecule has 2 aromatic carbocycles. The highest BCUT2D eigenvalue weighted by atomic mass is 79.9. The van der Waals surface area contributed by atoms with Crippen molar-refractivity contribution in [3.63, 3.8) is 0 Å². The Balaban J connectivity index is 1.94. The highest BCUT2D eigenvalue weighted by molar-refractivity contribution is 9.10. The van der Waals surface area contributed by atoms with Crippen LogP contribution >= 0.6 is 27.5 Å². The molecule has 0 atom stereocenters. The zero-order valence-electron chi connectivity index (χ0n) is 10.4. The Morgan fingerprint density at radius 2 is 2.10 bits per heavy atom. The van der Waals surface area contributed by atoms with Crippen molar-refractivity contribution in [3.8, 4) is 5.75 Å². The van der Waals surface area contributed by atoms with Gasteiger partial charge in [0.25, 0.3) is 5.91 Å². The Morgan fingerprint density at radius 1 is 1.30 bits per heavy atom. The van der Waals surface area contributed by atoms with Crippen LogP contribution in [0.15, 0.2) is 46.9 Å². The van der Waals surface area contributed by atoms with Gasteiger partial charge in [0.05, 0.1) is 4.47 Å². The van der Waals surface area contributed by atoms with E-state index in [9.17, 15) is 4.79 Å². The Labute approximate surface area is 130 Å². The monoisotopic (exact) mass is 354 g/mol. The highest BCUT2D eigenvalue weighted by Gasteiger charge is 2.07. The summed E-state index contributed by atoms with van der Waals surface area (Å²) in [5.41, 5.74) is 6.85. The molecule has 0 aliphatic carbocycles. The van der Waals surface area contributed by atoms with Crippen molar-refractivity contribution in [2.45, 2.75) is 0 Å². The Bertz CT molecular complexity index is 634. The minimum atomic E-state index is -0.276. The number of halogens is 2. The van der Waals surface area contributed by atoms with Crippen molar-refractivity contribution in [3.05, 3.63) is 52.0 Å². The molecule has 0 radical (unpaired) electrons. The molecule has 0 heterocycles. The van der Waals surface area contributed by atoms with Crippen molar-refractivity contribution in [1.82, 2.24) is 0 Å². The fraction of sp³-hybridized carbons (Fsp3) is 0.0714. The fourth-order valence-electron chi connectivity index (χ4n) is 1.54. The number of nitrogen functional groups attached to an aromatic ring is 1. The van der Waals surface area contributed by atoms with Crippen LogP contribution in [0.25, 0.3) is 0 Å². The van der Waals surface area contributed by atoms with E-state index >= 15 is 0 Å². The maximum atomic E-state index is 11.8. The van der Waals surface area contributed by atoms with Gasteiger partial charge < -0.3 is 15.8 Å². The van der Waals surface area contributed by atoms with Crippen LogP contribution in [-0.2, 0) is 4.79 Å². The van der Waals surface area contributed by atoms with Gasteiger partial charge >= 0.3 is 0 Å². The summed E-state index contributed by atoms with van der Waals surface area (Å²) >= 11 is 9.16. The first-order chi connectivity index (χ1) is 9.54. The summed E-state index contributed by atoms with van der Waals surface area (Å²) in [4.78, 5) is 11.8. The summed E-state index contributed by atoms with van der Waals surface area (Å²) < 4.78 is 6.15. The number of amides is 1. The molecular formula is C14H12BrClN2O2. The number of nitrogens with two attached hydrogens (primary N) is 1. The molecular weight excluding hydrogens is 344 g/mol. The van der Waals surface area contributed by atoms with E-state index in [4.69, 9.17) is 22.1 Å². The van der Waals surface area contributed by atoms with Crippen molar-refractivity contribution >= 4 is 44.8 Å². The molecule has 0 bridgehead atoms. The zero-order chi connectivity index (χ0) is 14.5. The van der Waals surface area contributed by atoms with Crippen LogP contribution in [0.2, 0.25) is 5.02 Å². The number of nitrogens with one attached hydrogen (secondary N) is 1. The summed E-state index contributed by atoms with van der Waals surface area (Å²) in [6, 6.07) is 12.1. The molecule has 0 unspecified atom stereocenters. The lowest BCUT2D eigenvalue weighted by Gasteiger charge is -2.09. The predicted octanol–water partition coefficient (Wildman–Crippen LogP) is 3.70. The van der Waals surface area contributed by atoms with Crippen LogP contribution < -0.4 is 15.8 Å². The summed E-state index contributed by atoms with van der Waals surface area (Å²) in [5.74, 6) is 0.243. The van der Waals surface area contributed by atoms with E-state index in [1.807, 2.05) is 0 Å².